The summed E-state index contributed by atoms with van der Waals surface area (Å²) in [5, 5.41) is 0. The SMILES string of the molecule is CC(C)c1cc(CN)cc(N2CCCS(=O)(=O)CC2)n1. The first-order valence-electron chi connectivity index (χ1n) is 7.07. The number of hydrogen-bond donors (Lipinski definition) is 1. The summed E-state index contributed by atoms with van der Waals surface area (Å²) in [4.78, 5) is 6.73. The van der Waals surface area contributed by atoms with E-state index in [0.717, 1.165) is 23.6 Å². The Balaban J connectivity index is 2.29. The summed E-state index contributed by atoms with van der Waals surface area (Å²) < 4.78 is 23.4. The van der Waals surface area contributed by atoms with Crippen molar-refractivity contribution in [3.05, 3.63) is 23.4 Å². The van der Waals surface area contributed by atoms with Gasteiger partial charge in [0.05, 0.1) is 11.5 Å². The number of anilines is 1. The highest BCUT2D eigenvalue weighted by atomic mass is 32.2. The molecule has 2 N–H and O–H groups in total. The van der Waals surface area contributed by atoms with Crippen molar-refractivity contribution in [2.24, 2.45) is 5.73 Å². The molecule has 0 bridgehead atoms. The van der Waals surface area contributed by atoms with E-state index in [4.69, 9.17) is 5.73 Å². The Morgan fingerprint density at radius 2 is 2.05 bits per heavy atom. The van der Waals surface area contributed by atoms with Crippen LogP contribution in [0.4, 0.5) is 5.82 Å². The summed E-state index contributed by atoms with van der Waals surface area (Å²) in [5.41, 5.74) is 7.81. The van der Waals surface area contributed by atoms with Crippen LogP contribution < -0.4 is 10.6 Å². The lowest BCUT2D eigenvalue weighted by molar-refractivity contribution is 0.597. The van der Waals surface area contributed by atoms with E-state index in [0.29, 0.717) is 25.4 Å². The minimum atomic E-state index is -2.90. The Morgan fingerprint density at radius 3 is 2.70 bits per heavy atom. The maximum atomic E-state index is 11.7. The van der Waals surface area contributed by atoms with E-state index >= 15 is 0 Å². The lowest BCUT2D eigenvalue weighted by Crippen LogP contribution is -2.28. The molecule has 0 amide bonds. The normalized spacial score (nSPS) is 19.1. The van der Waals surface area contributed by atoms with E-state index < -0.39 is 9.84 Å². The molecule has 0 aliphatic carbocycles. The van der Waals surface area contributed by atoms with Gasteiger partial charge in [0.2, 0.25) is 0 Å². The van der Waals surface area contributed by atoms with Crippen molar-refractivity contribution in [1.29, 1.82) is 0 Å². The van der Waals surface area contributed by atoms with Gasteiger partial charge < -0.3 is 10.6 Å². The van der Waals surface area contributed by atoms with Crippen molar-refractivity contribution in [2.45, 2.75) is 32.7 Å². The Morgan fingerprint density at radius 1 is 1.30 bits per heavy atom. The molecule has 0 unspecified atom stereocenters. The summed E-state index contributed by atoms with van der Waals surface area (Å²) in [6, 6.07) is 4.01. The van der Waals surface area contributed by atoms with Gasteiger partial charge in [0.1, 0.15) is 5.82 Å². The molecule has 20 heavy (non-hydrogen) atoms. The lowest BCUT2D eigenvalue weighted by Gasteiger charge is -2.23. The molecule has 1 aliphatic rings. The summed E-state index contributed by atoms with van der Waals surface area (Å²) in [6.45, 7) is 5.92. The number of aromatic nitrogens is 1. The predicted octanol–water partition coefficient (Wildman–Crippen LogP) is 1.29. The van der Waals surface area contributed by atoms with Crippen molar-refractivity contribution < 1.29 is 8.42 Å². The summed E-state index contributed by atoms with van der Waals surface area (Å²) >= 11 is 0. The molecule has 1 aromatic heterocycles. The molecule has 1 fully saturated rings. The van der Waals surface area contributed by atoms with Crippen molar-refractivity contribution in [1.82, 2.24) is 4.98 Å². The molecule has 2 heterocycles. The molecule has 0 saturated carbocycles. The van der Waals surface area contributed by atoms with Gasteiger partial charge in [0, 0.05) is 25.3 Å². The Kier molecular flexibility index (Phi) is 4.65. The second kappa shape index (κ2) is 6.10. The smallest absolute Gasteiger partial charge is 0.152 e. The molecule has 0 spiro atoms. The van der Waals surface area contributed by atoms with Gasteiger partial charge in [-0.05, 0) is 30.0 Å². The van der Waals surface area contributed by atoms with Crippen LogP contribution in [0.25, 0.3) is 0 Å². The molecule has 2 rings (SSSR count). The van der Waals surface area contributed by atoms with Crippen molar-refractivity contribution in [3.63, 3.8) is 0 Å². The average molecular weight is 297 g/mol. The maximum absolute atomic E-state index is 11.7. The zero-order valence-electron chi connectivity index (χ0n) is 12.2. The fraction of sp³-hybridized carbons (Fsp3) is 0.643. The molecule has 1 saturated heterocycles. The summed E-state index contributed by atoms with van der Waals surface area (Å²) in [7, 11) is -2.90. The van der Waals surface area contributed by atoms with E-state index in [9.17, 15) is 8.42 Å². The van der Waals surface area contributed by atoms with Crippen LogP contribution in [-0.4, -0.2) is 38.0 Å². The van der Waals surface area contributed by atoms with Crippen molar-refractivity contribution in [3.8, 4) is 0 Å². The number of nitrogens with two attached hydrogens (primary N) is 1. The van der Waals surface area contributed by atoms with Gasteiger partial charge in [0.15, 0.2) is 9.84 Å². The van der Waals surface area contributed by atoms with Gasteiger partial charge in [-0.15, -0.1) is 0 Å². The van der Waals surface area contributed by atoms with Gasteiger partial charge in [0.25, 0.3) is 0 Å². The van der Waals surface area contributed by atoms with Crippen LogP contribution in [0.5, 0.6) is 0 Å². The second-order valence-electron chi connectivity index (χ2n) is 5.61. The highest BCUT2D eigenvalue weighted by Crippen LogP contribution is 2.21. The van der Waals surface area contributed by atoms with Crippen LogP contribution in [0, 0.1) is 0 Å². The molecular weight excluding hydrogens is 274 g/mol. The van der Waals surface area contributed by atoms with Gasteiger partial charge in [-0.2, -0.15) is 0 Å². The molecule has 0 aromatic carbocycles. The number of hydrogen-bond acceptors (Lipinski definition) is 5. The zero-order chi connectivity index (χ0) is 14.8. The summed E-state index contributed by atoms with van der Waals surface area (Å²) in [6.07, 6.45) is 0.661. The van der Waals surface area contributed by atoms with Gasteiger partial charge in [-0.1, -0.05) is 13.8 Å². The minimum absolute atomic E-state index is 0.207. The highest BCUT2D eigenvalue weighted by molar-refractivity contribution is 7.91. The molecule has 5 nitrogen and oxygen atoms in total. The summed E-state index contributed by atoms with van der Waals surface area (Å²) in [5.74, 6) is 1.67. The first kappa shape index (κ1) is 15.3. The Hall–Kier alpha value is -1.14. The Bertz CT molecular complexity index is 570. The zero-order valence-corrected chi connectivity index (χ0v) is 13.0. The fourth-order valence-electron chi connectivity index (χ4n) is 2.34. The van der Waals surface area contributed by atoms with E-state index in [1.807, 2.05) is 12.1 Å². The highest BCUT2D eigenvalue weighted by Gasteiger charge is 2.20. The standard InChI is InChI=1S/C14H23N3O2S/c1-11(2)13-8-12(10-15)9-14(16-13)17-4-3-6-20(18,19)7-5-17/h8-9,11H,3-7,10,15H2,1-2H3. The van der Waals surface area contributed by atoms with Crippen LogP contribution >= 0.6 is 0 Å². The number of nitrogens with zero attached hydrogens (tertiary/aromatic N) is 2. The average Bonchev–Trinajstić information content (AvgIpc) is 2.59. The van der Waals surface area contributed by atoms with E-state index in [2.05, 4.69) is 23.7 Å². The molecule has 6 heteroatoms. The monoisotopic (exact) mass is 297 g/mol. The number of rotatable bonds is 3. The van der Waals surface area contributed by atoms with Crippen LogP contribution in [0.1, 0.15) is 37.4 Å². The van der Waals surface area contributed by atoms with E-state index in [1.165, 1.54) is 0 Å². The second-order valence-corrected chi connectivity index (χ2v) is 7.91. The van der Waals surface area contributed by atoms with Crippen LogP contribution in [0.2, 0.25) is 0 Å². The van der Waals surface area contributed by atoms with Crippen LogP contribution in [0.15, 0.2) is 12.1 Å². The third kappa shape index (κ3) is 3.70. The third-order valence-corrected chi connectivity index (χ3v) is 5.31. The Labute approximate surface area is 121 Å². The molecule has 0 radical (unpaired) electrons. The van der Waals surface area contributed by atoms with Gasteiger partial charge in [-0.3, -0.25) is 0 Å². The molecule has 1 aromatic rings. The first-order chi connectivity index (χ1) is 9.41. The van der Waals surface area contributed by atoms with Crippen LogP contribution in [-0.2, 0) is 16.4 Å². The van der Waals surface area contributed by atoms with Gasteiger partial charge >= 0.3 is 0 Å². The van der Waals surface area contributed by atoms with Crippen LogP contribution in [0.3, 0.4) is 0 Å². The lowest BCUT2D eigenvalue weighted by atomic mass is 10.1. The number of sulfone groups is 1. The molecule has 1 aliphatic heterocycles. The van der Waals surface area contributed by atoms with E-state index in [-0.39, 0.29) is 11.5 Å². The largest absolute Gasteiger partial charge is 0.356 e. The molecule has 112 valence electrons. The predicted molar refractivity (Wildman–Crippen MR) is 81.7 cm³/mol. The number of pyridine rings is 1. The quantitative estimate of drug-likeness (QED) is 0.909. The maximum Gasteiger partial charge on any atom is 0.152 e. The third-order valence-electron chi connectivity index (χ3n) is 3.60. The van der Waals surface area contributed by atoms with E-state index in [1.54, 1.807) is 0 Å². The topological polar surface area (TPSA) is 76.3 Å². The first-order valence-corrected chi connectivity index (χ1v) is 8.90. The van der Waals surface area contributed by atoms with Crippen molar-refractivity contribution in [2.75, 3.05) is 29.5 Å². The molecule has 0 atom stereocenters. The fourth-order valence-corrected chi connectivity index (χ4v) is 3.61. The van der Waals surface area contributed by atoms with Gasteiger partial charge in [-0.25, -0.2) is 13.4 Å². The molecular formula is C14H23N3O2S. The minimum Gasteiger partial charge on any atom is -0.356 e. The van der Waals surface area contributed by atoms with Crippen molar-refractivity contribution >= 4 is 15.7 Å².